The molecule has 17 heavy (non-hydrogen) atoms. The van der Waals surface area contributed by atoms with Gasteiger partial charge in [0.2, 0.25) is 0 Å². The van der Waals surface area contributed by atoms with Crippen molar-refractivity contribution in [3.63, 3.8) is 0 Å². The number of ether oxygens (including phenoxy) is 2. The number of rotatable bonds is 3. The second kappa shape index (κ2) is 5.71. The lowest BCUT2D eigenvalue weighted by Crippen LogP contribution is -2.42. The van der Waals surface area contributed by atoms with Crippen LogP contribution in [0.3, 0.4) is 0 Å². The fraction of sp³-hybridized carbons (Fsp3) is 0.500. The standard InChI is InChI=1S/C12H17BrN2O2/c1-16-11-6-9(13)12(17-2)5-8(11)10-7-14-3-4-15-10/h5-6,10,14-15H,3-4,7H2,1-2H3/t10-/m1/s1. The van der Waals surface area contributed by atoms with Crippen LogP contribution in [0.4, 0.5) is 0 Å². The zero-order valence-corrected chi connectivity index (χ0v) is 11.6. The van der Waals surface area contributed by atoms with Crippen LogP contribution in [0.5, 0.6) is 11.5 Å². The van der Waals surface area contributed by atoms with Crippen molar-refractivity contribution < 1.29 is 9.47 Å². The maximum Gasteiger partial charge on any atom is 0.133 e. The minimum absolute atomic E-state index is 0.265. The summed E-state index contributed by atoms with van der Waals surface area (Å²) in [5.74, 6) is 1.70. The van der Waals surface area contributed by atoms with E-state index in [-0.39, 0.29) is 6.04 Å². The predicted molar refractivity (Wildman–Crippen MR) is 70.9 cm³/mol. The highest BCUT2D eigenvalue weighted by Crippen LogP contribution is 2.35. The molecule has 2 rings (SSSR count). The predicted octanol–water partition coefficient (Wildman–Crippen LogP) is 1.70. The number of methoxy groups -OCH3 is 2. The quantitative estimate of drug-likeness (QED) is 0.892. The molecule has 0 radical (unpaired) electrons. The molecular weight excluding hydrogens is 284 g/mol. The van der Waals surface area contributed by atoms with Crippen molar-refractivity contribution in [1.29, 1.82) is 0 Å². The van der Waals surface area contributed by atoms with E-state index < -0.39 is 0 Å². The largest absolute Gasteiger partial charge is 0.496 e. The molecule has 1 aromatic rings. The van der Waals surface area contributed by atoms with Gasteiger partial charge in [-0.3, -0.25) is 0 Å². The third kappa shape index (κ3) is 2.73. The van der Waals surface area contributed by atoms with E-state index in [9.17, 15) is 0 Å². The highest BCUT2D eigenvalue weighted by molar-refractivity contribution is 9.10. The van der Waals surface area contributed by atoms with Crippen LogP contribution in [0.2, 0.25) is 0 Å². The summed E-state index contributed by atoms with van der Waals surface area (Å²) in [5.41, 5.74) is 1.12. The van der Waals surface area contributed by atoms with E-state index >= 15 is 0 Å². The van der Waals surface area contributed by atoms with Gasteiger partial charge >= 0.3 is 0 Å². The highest BCUT2D eigenvalue weighted by Gasteiger charge is 2.20. The van der Waals surface area contributed by atoms with Crippen LogP contribution in [-0.2, 0) is 0 Å². The third-order valence-electron chi connectivity index (χ3n) is 2.92. The molecule has 1 aliphatic heterocycles. The summed E-state index contributed by atoms with van der Waals surface area (Å²) in [6.45, 7) is 2.87. The van der Waals surface area contributed by atoms with Crippen molar-refractivity contribution in [3.8, 4) is 11.5 Å². The van der Waals surface area contributed by atoms with Crippen molar-refractivity contribution in [2.75, 3.05) is 33.9 Å². The number of piperazine rings is 1. The first-order valence-corrected chi connectivity index (χ1v) is 6.41. The fourth-order valence-corrected chi connectivity index (χ4v) is 2.51. The number of hydrogen-bond donors (Lipinski definition) is 2. The van der Waals surface area contributed by atoms with Crippen molar-refractivity contribution in [3.05, 3.63) is 22.2 Å². The molecule has 2 N–H and O–H groups in total. The van der Waals surface area contributed by atoms with Crippen LogP contribution < -0.4 is 20.1 Å². The van der Waals surface area contributed by atoms with Crippen LogP contribution in [-0.4, -0.2) is 33.9 Å². The second-order valence-electron chi connectivity index (χ2n) is 3.94. The molecule has 4 nitrogen and oxygen atoms in total. The zero-order chi connectivity index (χ0) is 12.3. The van der Waals surface area contributed by atoms with Gasteiger partial charge in [-0.1, -0.05) is 0 Å². The van der Waals surface area contributed by atoms with Gasteiger partial charge in [0.15, 0.2) is 0 Å². The first-order valence-electron chi connectivity index (χ1n) is 5.61. The first-order chi connectivity index (χ1) is 8.26. The Labute approximate surface area is 110 Å². The van der Waals surface area contributed by atoms with Gasteiger partial charge in [-0.2, -0.15) is 0 Å². The lowest BCUT2D eigenvalue weighted by atomic mass is 10.0. The first kappa shape index (κ1) is 12.7. The molecule has 0 spiro atoms. The van der Waals surface area contributed by atoms with Gasteiger partial charge in [0.1, 0.15) is 11.5 Å². The summed E-state index contributed by atoms with van der Waals surface area (Å²) in [6.07, 6.45) is 0. The van der Waals surface area contributed by atoms with Crippen LogP contribution in [0.25, 0.3) is 0 Å². The number of hydrogen-bond acceptors (Lipinski definition) is 4. The monoisotopic (exact) mass is 300 g/mol. The molecule has 1 fully saturated rings. The Morgan fingerprint density at radius 1 is 1.18 bits per heavy atom. The minimum atomic E-state index is 0.265. The Kier molecular flexibility index (Phi) is 4.25. The molecule has 94 valence electrons. The molecule has 0 aromatic heterocycles. The molecule has 1 heterocycles. The molecule has 1 aromatic carbocycles. The molecule has 0 bridgehead atoms. The van der Waals surface area contributed by atoms with Crippen molar-refractivity contribution >= 4 is 15.9 Å². The molecule has 1 saturated heterocycles. The molecular formula is C12H17BrN2O2. The second-order valence-corrected chi connectivity index (χ2v) is 4.79. The van der Waals surface area contributed by atoms with Crippen molar-refractivity contribution in [2.45, 2.75) is 6.04 Å². The Morgan fingerprint density at radius 3 is 2.53 bits per heavy atom. The average molecular weight is 301 g/mol. The maximum absolute atomic E-state index is 5.43. The van der Waals surface area contributed by atoms with Crippen LogP contribution in [0.15, 0.2) is 16.6 Å². The smallest absolute Gasteiger partial charge is 0.133 e. The Hall–Kier alpha value is -0.780. The van der Waals surface area contributed by atoms with E-state index in [1.54, 1.807) is 14.2 Å². The number of halogens is 1. The van der Waals surface area contributed by atoms with Crippen molar-refractivity contribution in [1.82, 2.24) is 10.6 Å². The van der Waals surface area contributed by atoms with E-state index in [0.29, 0.717) is 0 Å². The molecule has 0 amide bonds. The van der Waals surface area contributed by atoms with E-state index in [0.717, 1.165) is 41.2 Å². The minimum Gasteiger partial charge on any atom is -0.496 e. The molecule has 0 aliphatic carbocycles. The van der Waals surface area contributed by atoms with Crippen LogP contribution >= 0.6 is 15.9 Å². The normalized spacial score (nSPS) is 20.1. The summed E-state index contributed by atoms with van der Waals surface area (Å²) in [7, 11) is 3.36. The van der Waals surface area contributed by atoms with Crippen LogP contribution in [0, 0.1) is 0 Å². The van der Waals surface area contributed by atoms with E-state index in [4.69, 9.17) is 9.47 Å². The summed E-state index contributed by atoms with van der Waals surface area (Å²) in [4.78, 5) is 0. The highest BCUT2D eigenvalue weighted by atomic mass is 79.9. The third-order valence-corrected chi connectivity index (χ3v) is 3.54. The van der Waals surface area contributed by atoms with E-state index in [2.05, 4.69) is 26.6 Å². The number of nitrogens with one attached hydrogen (secondary N) is 2. The lowest BCUT2D eigenvalue weighted by molar-refractivity contribution is 0.374. The van der Waals surface area contributed by atoms with E-state index in [1.807, 2.05) is 12.1 Å². The fourth-order valence-electron chi connectivity index (χ4n) is 2.03. The Bertz CT molecular complexity index is 392. The van der Waals surface area contributed by atoms with Gasteiger partial charge < -0.3 is 20.1 Å². The van der Waals surface area contributed by atoms with Crippen LogP contribution in [0.1, 0.15) is 11.6 Å². The summed E-state index contributed by atoms with van der Waals surface area (Å²) in [6, 6.07) is 4.23. The molecule has 5 heteroatoms. The van der Waals surface area contributed by atoms with Gasteiger partial charge in [-0.15, -0.1) is 0 Å². The number of benzene rings is 1. The van der Waals surface area contributed by atoms with Gasteiger partial charge in [-0.25, -0.2) is 0 Å². The average Bonchev–Trinajstić information content (AvgIpc) is 2.39. The summed E-state index contributed by atoms with van der Waals surface area (Å²) >= 11 is 3.47. The molecule has 1 atom stereocenters. The molecule has 0 saturated carbocycles. The maximum atomic E-state index is 5.43. The van der Waals surface area contributed by atoms with Gasteiger partial charge in [0.05, 0.1) is 18.7 Å². The molecule has 0 unspecified atom stereocenters. The van der Waals surface area contributed by atoms with E-state index in [1.165, 1.54) is 0 Å². The van der Waals surface area contributed by atoms with Gasteiger partial charge in [0.25, 0.3) is 0 Å². The topological polar surface area (TPSA) is 42.5 Å². The summed E-state index contributed by atoms with van der Waals surface area (Å²) in [5, 5.41) is 6.83. The van der Waals surface area contributed by atoms with Gasteiger partial charge in [0, 0.05) is 31.2 Å². The zero-order valence-electron chi connectivity index (χ0n) is 10.0. The van der Waals surface area contributed by atoms with Gasteiger partial charge in [-0.05, 0) is 28.1 Å². The lowest BCUT2D eigenvalue weighted by Gasteiger charge is -2.26. The SMILES string of the molecule is COc1cc([C@H]2CNCCN2)c(OC)cc1Br. The Balaban J connectivity index is 2.35. The Morgan fingerprint density at radius 2 is 1.94 bits per heavy atom. The molecule has 1 aliphatic rings. The summed E-state index contributed by atoms with van der Waals surface area (Å²) < 4.78 is 11.7. The van der Waals surface area contributed by atoms with Crippen molar-refractivity contribution in [2.24, 2.45) is 0 Å².